The quantitative estimate of drug-likeness (QED) is 0.385. The Balaban J connectivity index is 3.15. The van der Waals surface area contributed by atoms with Gasteiger partial charge in [0.15, 0.2) is 8.24 Å². The third kappa shape index (κ3) is 5.92. The van der Waals surface area contributed by atoms with E-state index in [9.17, 15) is 0 Å². The van der Waals surface area contributed by atoms with Crippen molar-refractivity contribution in [2.45, 2.75) is 65.7 Å². The van der Waals surface area contributed by atoms with Gasteiger partial charge < -0.3 is 17.8 Å². The highest BCUT2D eigenvalue weighted by Crippen LogP contribution is 2.32. The minimum absolute atomic E-state index is 0.634. The summed E-state index contributed by atoms with van der Waals surface area (Å²) in [6.45, 7) is 16.0. The first-order valence-electron chi connectivity index (χ1n) is 10.3. The zero-order valence-corrected chi connectivity index (χ0v) is 19.7. The second kappa shape index (κ2) is 11.9. The molecule has 0 aromatic heterocycles. The first-order valence-corrected chi connectivity index (χ1v) is 14.8. The molecule has 0 saturated heterocycles. The van der Waals surface area contributed by atoms with Crippen LogP contribution in [-0.2, 0) is 13.3 Å². The maximum Gasteiger partial charge on any atom is 0.502 e. The van der Waals surface area contributed by atoms with E-state index in [0.717, 1.165) is 12.6 Å². The highest BCUT2D eigenvalue weighted by Gasteiger charge is 2.43. The molecule has 0 atom stereocenters. The Bertz CT molecular complexity index is 458. The molecule has 0 aliphatic carbocycles. The Kier molecular flexibility index (Phi) is 10.7. The van der Waals surface area contributed by atoms with Gasteiger partial charge in [-0.3, -0.25) is 0 Å². The van der Waals surface area contributed by atoms with Gasteiger partial charge in [-0.25, -0.2) is 0 Å². The SMILES string of the molecule is CCO[Si](CCN(c1ccccc1)[Si](CC)(CC)CC)(OCC)OCC. The van der Waals surface area contributed by atoms with E-state index >= 15 is 0 Å². The monoisotopic (exact) mass is 397 g/mol. The van der Waals surface area contributed by atoms with E-state index < -0.39 is 17.0 Å². The highest BCUT2D eigenvalue weighted by atomic mass is 28.4. The fourth-order valence-corrected chi connectivity index (χ4v) is 10.5. The Morgan fingerprint density at radius 3 is 1.58 bits per heavy atom. The van der Waals surface area contributed by atoms with E-state index in [2.05, 4.69) is 55.7 Å². The number of hydrogen-bond donors (Lipinski definition) is 0. The predicted molar refractivity (Wildman–Crippen MR) is 116 cm³/mol. The average molecular weight is 398 g/mol. The summed E-state index contributed by atoms with van der Waals surface area (Å²) in [5, 5.41) is 0. The molecule has 0 unspecified atom stereocenters. The summed E-state index contributed by atoms with van der Waals surface area (Å²) in [5.74, 6) is 0. The van der Waals surface area contributed by atoms with Crippen molar-refractivity contribution in [1.29, 1.82) is 0 Å². The van der Waals surface area contributed by atoms with Crippen molar-refractivity contribution >= 4 is 22.7 Å². The van der Waals surface area contributed by atoms with Crippen molar-refractivity contribution < 1.29 is 13.3 Å². The van der Waals surface area contributed by atoms with Crippen molar-refractivity contribution in [3.8, 4) is 0 Å². The number of anilines is 1. The van der Waals surface area contributed by atoms with Gasteiger partial charge >= 0.3 is 8.80 Å². The van der Waals surface area contributed by atoms with E-state index in [4.69, 9.17) is 13.3 Å². The Morgan fingerprint density at radius 2 is 1.19 bits per heavy atom. The first-order chi connectivity index (χ1) is 12.6. The molecule has 1 rings (SSSR count). The molecule has 0 bridgehead atoms. The highest BCUT2D eigenvalue weighted by molar-refractivity contribution is 6.83. The lowest BCUT2D eigenvalue weighted by atomic mass is 10.3. The van der Waals surface area contributed by atoms with Crippen LogP contribution < -0.4 is 4.57 Å². The van der Waals surface area contributed by atoms with Crippen LogP contribution in [0.3, 0.4) is 0 Å². The van der Waals surface area contributed by atoms with Crippen molar-refractivity contribution in [3.05, 3.63) is 30.3 Å². The third-order valence-electron chi connectivity index (χ3n) is 5.35. The lowest BCUT2D eigenvalue weighted by Crippen LogP contribution is -2.56. The molecule has 0 aliphatic rings. The van der Waals surface area contributed by atoms with Crippen LogP contribution in [0.15, 0.2) is 30.3 Å². The minimum atomic E-state index is -2.63. The maximum atomic E-state index is 6.09. The van der Waals surface area contributed by atoms with Crippen molar-refractivity contribution in [1.82, 2.24) is 0 Å². The van der Waals surface area contributed by atoms with Gasteiger partial charge in [-0.2, -0.15) is 0 Å². The zero-order chi connectivity index (χ0) is 19.5. The standard InChI is InChI=1S/C20H39NO3Si2/c1-7-22-26(23-8-2,24-9-3)19-18-21(20-16-14-13-15-17-20)25(10-4,11-5)12-6/h13-17H,7-12,18-19H2,1-6H3. The minimum Gasteiger partial charge on any atom is -0.397 e. The van der Waals surface area contributed by atoms with Crippen LogP contribution in [0.2, 0.25) is 24.2 Å². The first kappa shape index (κ1) is 23.4. The van der Waals surface area contributed by atoms with E-state index in [-0.39, 0.29) is 0 Å². The van der Waals surface area contributed by atoms with Crippen LogP contribution >= 0.6 is 0 Å². The second-order valence-electron chi connectivity index (χ2n) is 6.50. The summed E-state index contributed by atoms with van der Waals surface area (Å²) >= 11 is 0. The van der Waals surface area contributed by atoms with E-state index in [0.29, 0.717) is 19.8 Å². The van der Waals surface area contributed by atoms with Gasteiger partial charge in [0.25, 0.3) is 0 Å². The molecular weight excluding hydrogens is 358 g/mol. The van der Waals surface area contributed by atoms with Crippen LogP contribution in [0.5, 0.6) is 0 Å². The van der Waals surface area contributed by atoms with Gasteiger partial charge in [0, 0.05) is 38.1 Å². The molecule has 6 heteroatoms. The molecule has 0 aliphatic heterocycles. The average Bonchev–Trinajstić information content (AvgIpc) is 2.67. The van der Waals surface area contributed by atoms with Crippen molar-refractivity contribution in [2.24, 2.45) is 0 Å². The molecule has 26 heavy (non-hydrogen) atoms. The number of hydrogen-bond acceptors (Lipinski definition) is 4. The molecule has 0 heterocycles. The fraction of sp³-hybridized carbons (Fsp3) is 0.700. The summed E-state index contributed by atoms with van der Waals surface area (Å²) in [5.41, 5.74) is 1.33. The molecule has 0 amide bonds. The lowest BCUT2D eigenvalue weighted by molar-refractivity contribution is 0.0720. The molecule has 1 aromatic rings. The Labute approximate surface area is 163 Å². The number of nitrogens with zero attached hydrogens (tertiary/aromatic N) is 1. The molecule has 0 fully saturated rings. The fourth-order valence-electron chi connectivity index (χ4n) is 3.82. The van der Waals surface area contributed by atoms with E-state index in [1.165, 1.54) is 23.8 Å². The largest absolute Gasteiger partial charge is 0.502 e. The summed E-state index contributed by atoms with van der Waals surface area (Å²) in [6.07, 6.45) is 0. The van der Waals surface area contributed by atoms with Crippen LogP contribution in [0, 0.1) is 0 Å². The van der Waals surface area contributed by atoms with E-state index in [1.54, 1.807) is 0 Å². The van der Waals surface area contributed by atoms with Gasteiger partial charge in [0.1, 0.15) is 0 Å². The molecule has 4 nitrogen and oxygen atoms in total. The molecule has 0 saturated carbocycles. The van der Waals surface area contributed by atoms with Gasteiger partial charge in [-0.05, 0) is 51.0 Å². The normalized spacial score (nSPS) is 12.4. The summed E-state index contributed by atoms with van der Waals surface area (Å²) < 4.78 is 21.0. The predicted octanol–water partition coefficient (Wildman–Crippen LogP) is 5.55. The second-order valence-corrected chi connectivity index (χ2v) is 14.3. The van der Waals surface area contributed by atoms with Gasteiger partial charge in [-0.15, -0.1) is 0 Å². The summed E-state index contributed by atoms with van der Waals surface area (Å²) in [7, 11) is -4.20. The molecule has 0 radical (unpaired) electrons. The third-order valence-corrected chi connectivity index (χ3v) is 13.9. The molecule has 1 aromatic carbocycles. The lowest BCUT2D eigenvalue weighted by Gasteiger charge is -2.44. The zero-order valence-electron chi connectivity index (χ0n) is 17.7. The Hall–Kier alpha value is -0.666. The maximum absolute atomic E-state index is 6.09. The van der Waals surface area contributed by atoms with Crippen molar-refractivity contribution in [3.63, 3.8) is 0 Å². The van der Waals surface area contributed by atoms with E-state index in [1.807, 2.05) is 20.8 Å². The van der Waals surface area contributed by atoms with Crippen LogP contribution in [0.25, 0.3) is 0 Å². The van der Waals surface area contributed by atoms with Gasteiger partial charge in [0.2, 0.25) is 0 Å². The molecule has 150 valence electrons. The number of benzene rings is 1. The van der Waals surface area contributed by atoms with Gasteiger partial charge in [0.05, 0.1) is 0 Å². The number of rotatable bonds is 14. The summed E-state index contributed by atoms with van der Waals surface area (Å²) in [6, 6.07) is 15.5. The smallest absolute Gasteiger partial charge is 0.397 e. The van der Waals surface area contributed by atoms with Crippen LogP contribution in [0.4, 0.5) is 5.69 Å². The van der Waals surface area contributed by atoms with Crippen LogP contribution in [0.1, 0.15) is 41.5 Å². The molecule has 0 spiro atoms. The van der Waals surface area contributed by atoms with Gasteiger partial charge in [-0.1, -0.05) is 39.0 Å². The Morgan fingerprint density at radius 1 is 0.731 bits per heavy atom. The van der Waals surface area contributed by atoms with Crippen molar-refractivity contribution in [2.75, 3.05) is 30.9 Å². The number of para-hydroxylation sites is 1. The molecule has 0 N–H and O–H groups in total. The summed E-state index contributed by atoms with van der Waals surface area (Å²) in [4.78, 5) is 0. The topological polar surface area (TPSA) is 30.9 Å². The van der Waals surface area contributed by atoms with Crippen LogP contribution in [-0.4, -0.2) is 43.4 Å². The molecular formula is C20H39NO3Si2.